The molecule has 3 heterocycles. The summed E-state index contributed by atoms with van der Waals surface area (Å²) in [6, 6.07) is 14.4. The van der Waals surface area contributed by atoms with Crippen molar-refractivity contribution >= 4 is 44.7 Å². The van der Waals surface area contributed by atoms with E-state index < -0.39 is 82.0 Å². The molecule has 2 aromatic carbocycles. The average molecular weight is 792 g/mol. The Labute approximate surface area is 324 Å². The maximum atomic E-state index is 14.5. The molecular formula is C40H46FN5O9S. The number of sulfonamides is 1. The number of nitrogens with zero attached hydrogens (tertiary/aromatic N) is 2. The molecule has 1 saturated heterocycles. The van der Waals surface area contributed by atoms with Gasteiger partial charge in [0.25, 0.3) is 5.91 Å². The number of methoxy groups -OCH3 is 1. The van der Waals surface area contributed by atoms with Crippen molar-refractivity contribution in [3.8, 4) is 22.8 Å². The molecule has 298 valence electrons. The van der Waals surface area contributed by atoms with E-state index in [0.717, 1.165) is 12.0 Å². The van der Waals surface area contributed by atoms with Crippen LogP contribution in [0.4, 0.5) is 9.18 Å². The summed E-state index contributed by atoms with van der Waals surface area (Å²) in [4.78, 5) is 61.5. The number of rotatable bonds is 10. The highest BCUT2D eigenvalue weighted by atomic mass is 32.2. The van der Waals surface area contributed by atoms with E-state index in [4.69, 9.17) is 19.2 Å². The lowest BCUT2D eigenvalue weighted by Crippen LogP contribution is -2.58. The van der Waals surface area contributed by atoms with E-state index in [9.17, 15) is 32.0 Å². The fraction of sp³-hybridized carbons (Fsp3) is 0.475. The van der Waals surface area contributed by atoms with Gasteiger partial charge in [0.05, 0.1) is 30.1 Å². The highest BCUT2D eigenvalue weighted by Gasteiger charge is 2.62. The van der Waals surface area contributed by atoms with E-state index in [2.05, 4.69) is 15.4 Å². The minimum absolute atomic E-state index is 0.00973. The summed E-state index contributed by atoms with van der Waals surface area (Å²) in [5, 5.41) is 5.45. The van der Waals surface area contributed by atoms with Crippen molar-refractivity contribution in [3.05, 3.63) is 66.7 Å². The van der Waals surface area contributed by atoms with Gasteiger partial charge >= 0.3 is 6.09 Å². The number of hydrogen-bond donors (Lipinski definition) is 3. The molecule has 0 unspecified atom stereocenters. The zero-order chi connectivity index (χ0) is 39.5. The van der Waals surface area contributed by atoms with E-state index in [-0.39, 0.29) is 25.8 Å². The number of benzene rings is 2. The van der Waals surface area contributed by atoms with Gasteiger partial charge in [-0.25, -0.2) is 22.6 Å². The lowest BCUT2D eigenvalue weighted by molar-refractivity contribution is -0.141. The Morgan fingerprint density at radius 1 is 1.05 bits per heavy atom. The zero-order valence-electron chi connectivity index (χ0n) is 31.1. The fourth-order valence-electron chi connectivity index (χ4n) is 7.50. The molecule has 7 rings (SSSR count). The van der Waals surface area contributed by atoms with Crippen molar-refractivity contribution in [2.45, 2.75) is 86.8 Å². The molecule has 5 atom stereocenters. The van der Waals surface area contributed by atoms with Crippen LogP contribution < -0.4 is 24.8 Å². The largest absolute Gasteiger partial charge is 0.497 e. The van der Waals surface area contributed by atoms with Crippen molar-refractivity contribution < 1.29 is 46.2 Å². The van der Waals surface area contributed by atoms with Crippen molar-refractivity contribution in [3.63, 3.8) is 0 Å². The van der Waals surface area contributed by atoms with E-state index in [1.54, 1.807) is 25.3 Å². The Hall–Kier alpha value is -5.25. The fourth-order valence-corrected chi connectivity index (χ4v) is 8.86. The Bertz CT molecular complexity index is 2120. The summed E-state index contributed by atoms with van der Waals surface area (Å²) in [6.07, 6.45) is 6.06. The molecule has 2 aliphatic carbocycles. The monoisotopic (exact) mass is 791 g/mol. The zero-order valence-corrected chi connectivity index (χ0v) is 31.9. The number of aromatic nitrogens is 1. The number of fused-ring (bicyclic) bond motifs is 3. The minimum atomic E-state index is -3.92. The third-order valence-corrected chi connectivity index (χ3v) is 12.6. The molecule has 2 aliphatic heterocycles. The van der Waals surface area contributed by atoms with Crippen LogP contribution in [0.15, 0.2) is 66.7 Å². The van der Waals surface area contributed by atoms with Crippen LogP contribution >= 0.6 is 0 Å². The average Bonchev–Trinajstić information content (AvgIpc) is 4.12. The van der Waals surface area contributed by atoms with Crippen LogP contribution in [0.3, 0.4) is 0 Å². The van der Waals surface area contributed by atoms with Gasteiger partial charge in [0, 0.05) is 35.4 Å². The molecule has 0 spiro atoms. The van der Waals surface area contributed by atoms with Gasteiger partial charge in [-0.2, -0.15) is 0 Å². The molecule has 0 radical (unpaired) electrons. The van der Waals surface area contributed by atoms with Crippen LogP contribution in [-0.4, -0.2) is 98.0 Å². The molecule has 16 heteroatoms. The number of hydrogen-bond acceptors (Lipinski definition) is 10. The number of carbonyl (C=O) groups is 4. The van der Waals surface area contributed by atoms with Gasteiger partial charge in [-0.15, -0.1) is 0 Å². The Balaban J connectivity index is 1.22. The number of pyridine rings is 1. The number of alkyl halides is 1. The van der Waals surface area contributed by atoms with Crippen LogP contribution in [0.1, 0.15) is 57.8 Å². The quantitative estimate of drug-likeness (QED) is 0.250. The number of nitrogens with one attached hydrogen (secondary N) is 3. The maximum Gasteiger partial charge on any atom is 0.407 e. The van der Waals surface area contributed by atoms with Crippen LogP contribution in [-0.2, 0) is 29.1 Å². The highest BCUT2D eigenvalue weighted by molar-refractivity contribution is 7.91. The van der Waals surface area contributed by atoms with Crippen molar-refractivity contribution in [1.82, 2.24) is 25.2 Å². The predicted molar refractivity (Wildman–Crippen MR) is 204 cm³/mol. The van der Waals surface area contributed by atoms with E-state index in [0.29, 0.717) is 60.2 Å². The highest BCUT2D eigenvalue weighted by Crippen LogP contribution is 2.46. The Morgan fingerprint density at radius 3 is 2.61 bits per heavy atom. The summed E-state index contributed by atoms with van der Waals surface area (Å²) < 4.78 is 57.8. The first-order valence-corrected chi connectivity index (χ1v) is 20.6. The normalized spacial score (nSPS) is 26.1. The lowest BCUT2D eigenvalue weighted by Gasteiger charge is -2.29. The standard InChI is InChI=1S/C40H46FN5O9S/c1-53-27-14-17-30-33(20-27)42-32(25-10-6-5-7-11-25)22-35(30)55-28-21-34-36(47)44-40(38(49)45-56(51,52)29-15-16-29)23-26(40)12-8-3-2-4-9-13-31(37(48)46(34)24-28)43-39(50)54-19-18-41/h5-8,10-12,14,17,20,22,26,28-29,31,34H,2-4,9,13,15-16,18-19,21,23-24H2,1H3,(H,43,50)(H,44,47)(H,45,49)/b12-8-/t26-,28-,31+,34+,40-/m1/s1. The second-order valence-corrected chi connectivity index (χ2v) is 16.7. The molecule has 2 saturated carbocycles. The van der Waals surface area contributed by atoms with Gasteiger partial charge in [-0.05, 0) is 50.7 Å². The first-order valence-electron chi connectivity index (χ1n) is 19.1. The van der Waals surface area contributed by atoms with Gasteiger partial charge in [-0.3, -0.25) is 19.1 Å². The van der Waals surface area contributed by atoms with Crippen molar-refractivity contribution in [2.24, 2.45) is 5.92 Å². The second kappa shape index (κ2) is 16.5. The number of ether oxygens (including phenoxy) is 3. The summed E-state index contributed by atoms with van der Waals surface area (Å²) in [5.41, 5.74) is 0.522. The Morgan fingerprint density at radius 2 is 1.86 bits per heavy atom. The van der Waals surface area contributed by atoms with Gasteiger partial charge in [0.1, 0.15) is 48.5 Å². The smallest absolute Gasteiger partial charge is 0.407 e. The third-order valence-electron chi connectivity index (χ3n) is 10.8. The van der Waals surface area contributed by atoms with E-state index in [1.165, 1.54) is 4.90 Å². The molecule has 3 aromatic rings. The number of carbonyl (C=O) groups excluding carboxylic acids is 4. The molecule has 4 aliphatic rings. The lowest BCUT2D eigenvalue weighted by atomic mass is 10.0. The molecule has 3 fully saturated rings. The molecule has 3 N–H and O–H groups in total. The molecule has 4 amide bonds. The number of halogens is 1. The van der Waals surface area contributed by atoms with Gasteiger partial charge in [0.2, 0.25) is 21.8 Å². The van der Waals surface area contributed by atoms with Crippen LogP contribution in [0.5, 0.6) is 11.5 Å². The summed E-state index contributed by atoms with van der Waals surface area (Å²) in [7, 11) is -2.36. The topological polar surface area (TPSA) is 182 Å². The molecule has 1 aromatic heterocycles. The predicted octanol–water partition coefficient (Wildman–Crippen LogP) is 4.33. The van der Waals surface area contributed by atoms with Crippen LogP contribution in [0.2, 0.25) is 0 Å². The first-order chi connectivity index (χ1) is 27.0. The van der Waals surface area contributed by atoms with Gasteiger partial charge in [-0.1, -0.05) is 55.3 Å². The van der Waals surface area contributed by atoms with Gasteiger partial charge < -0.3 is 29.7 Å². The van der Waals surface area contributed by atoms with Crippen molar-refractivity contribution in [2.75, 3.05) is 26.9 Å². The summed E-state index contributed by atoms with van der Waals surface area (Å²) in [5.74, 6) is -1.47. The number of amides is 4. The minimum Gasteiger partial charge on any atom is -0.497 e. The SMILES string of the molecule is COc1ccc2c(O[C@@H]3C[C@H]4C(=O)N[C@]5(C(=O)NS(=O)(=O)C6CC6)C[C@H]5/C=C\CCCCC[C@H](NC(=O)OCCF)C(=O)N4C3)cc(-c3ccccc3)nc2c1. The van der Waals surface area contributed by atoms with Crippen molar-refractivity contribution in [1.29, 1.82) is 0 Å². The van der Waals surface area contributed by atoms with E-state index >= 15 is 0 Å². The van der Waals surface area contributed by atoms with E-state index in [1.807, 2.05) is 48.6 Å². The molecule has 14 nitrogen and oxygen atoms in total. The maximum absolute atomic E-state index is 14.5. The summed E-state index contributed by atoms with van der Waals surface area (Å²) >= 11 is 0. The molecular weight excluding hydrogens is 746 g/mol. The number of allylic oxidation sites excluding steroid dienone is 1. The molecule has 0 bridgehead atoms. The third kappa shape index (κ3) is 8.59. The van der Waals surface area contributed by atoms with Gasteiger partial charge in [0.15, 0.2) is 0 Å². The molecule has 56 heavy (non-hydrogen) atoms. The van der Waals surface area contributed by atoms with Crippen LogP contribution in [0.25, 0.3) is 22.2 Å². The first kappa shape index (κ1) is 39.0. The second-order valence-electron chi connectivity index (χ2n) is 14.8. The van der Waals surface area contributed by atoms with Crippen LogP contribution in [0, 0.1) is 5.92 Å². The Kier molecular flexibility index (Phi) is 11.5. The number of alkyl carbamates (subject to hydrolysis) is 1. The summed E-state index contributed by atoms with van der Waals surface area (Å²) in [6.45, 7) is -1.44.